The van der Waals surface area contributed by atoms with Crippen LogP contribution in [0, 0.1) is 5.41 Å². The number of hydrogen-bond acceptors (Lipinski definition) is 6. The lowest BCUT2D eigenvalue weighted by atomic mass is 9.98. The average molecular weight is 697 g/mol. The van der Waals surface area contributed by atoms with Crippen molar-refractivity contribution in [1.29, 1.82) is 5.41 Å². The Labute approximate surface area is 293 Å². The molecule has 5 aromatic rings. The van der Waals surface area contributed by atoms with Gasteiger partial charge in [0.2, 0.25) is 5.91 Å². The molecule has 0 aliphatic rings. The largest absolute Gasteiger partial charge is 0.427 e. The molecule has 1 aromatic heterocycles. The van der Waals surface area contributed by atoms with Gasteiger partial charge < -0.3 is 27.3 Å². The second kappa shape index (κ2) is 16.0. The van der Waals surface area contributed by atoms with Crippen LogP contribution in [0.5, 0.6) is 0 Å². The number of carbonyl (C=O) groups is 2. The van der Waals surface area contributed by atoms with Gasteiger partial charge in [-0.15, -0.1) is 0 Å². The van der Waals surface area contributed by atoms with Crippen LogP contribution in [-0.2, 0) is 30.7 Å². The lowest BCUT2D eigenvalue weighted by Gasteiger charge is -2.16. The van der Waals surface area contributed by atoms with Gasteiger partial charge in [0.15, 0.2) is 5.49 Å². The molecule has 5 rings (SSSR count). The van der Waals surface area contributed by atoms with Gasteiger partial charge in [0, 0.05) is 52.1 Å². The lowest BCUT2D eigenvalue weighted by molar-refractivity contribution is -0.120. The first kappa shape index (κ1) is 34.7. The first-order chi connectivity index (χ1) is 23.6. The highest BCUT2D eigenvalue weighted by Gasteiger charge is 2.18. The van der Waals surface area contributed by atoms with Gasteiger partial charge in [-0.3, -0.25) is 20.0 Å². The maximum Gasteiger partial charge on any atom is 0.251 e. The minimum Gasteiger partial charge on any atom is -0.427 e. The number of carbonyl (C=O) groups excluding carboxylic acids is 2. The predicted octanol–water partition coefficient (Wildman–Crippen LogP) is 5.50. The van der Waals surface area contributed by atoms with E-state index in [4.69, 9.17) is 40.1 Å². The fourth-order valence-electron chi connectivity index (χ4n) is 5.20. The fraction of sp³-hybridized carbons (Fsp3) is 0.135. The third-order valence-corrected chi connectivity index (χ3v) is 8.36. The van der Waals surface area contributed by atoms with Gasteiger partial charge in [-0.25, -0.2) is 0 Å². The molecular weight excluding hydrogens is 661 g/mol. The molecule has 0 atom stereocenters. The third kappa shape index (κ3) is 9.28. The number of nitrogens with zero attached hydrogens (tertiary/aromatic N) is 2. The molecule has 0 bridgehead atoms. The monoisotopic (exact) mass is 695 g/mol. The van der Waals surface area contributed by atoms with Crippen LogP contribution in [0.3, 0.4) is 0 Å². The second-order valence-corrected chi connectivity index (χ2v) is 12.2. The summed E-state index contributed by atoms with van der Waals surface area (Å²) in [6, 6.07) is 29.9. The number of halogens is 2. The van der Waals surface area contributed by atoms with Crippen molar-refractivity contribution in [3.63, 3.8) is 0 Å². The average Bonchev–Trinajstić information content (AvgIpc) is 3.08. The molecular formula is C37H35Cl2N7O3. The smallest absolute Gasteiger partial charge is 0.251 e. The molecule has 0 saturated carbocycles. The number of hydrogen-bond donors (Lipinski definition) is 6. The summed E-state index contributed by atoms with van der Waals surface area (Å²) >= 11 is 12.4. The van der Waals surface area contributed by atoms with Crippen LogP contribution in [0.4, 0.5) is 5.69 Å². The summed E-state index contributed by atoms with van der Waals surface area (Å²) in [6.45, 7) is 0.791. The van der Waals surface area contributed by atoms with E-state index >= 15 is 0 Å². The van der Waals surface area contributed by atoms with E-state index < -0.39 is 0 Å². The number of anilines is 1. The van der Waals surface area contributed by atoms with Gasteiger partial charge in [0.05, 0.1) is 12.1 Å². The zero-order chi connectivity index (χ0) is 34.9. The normalized spacial score (nSPS) is 11.3. The van der Waals surface area contributed by atoms with E-state index in [2.05, 4.69) is 15.6 Å². The maximum atomic E-state index is 13.3. The molecule has 0 spiro atoms. The van der Waals surface area contributed by atoms with E-state index in [9.17, 15) is 14.8 Å². The molecule has 8 N–H and O–H groups in total. The molecule has 0 fully saturated rings. The Morgan fingerprint density at radius 1 is 0.837 bits per heavy atom. The summed E-state index contributed by atoms with van der Waals surface area (Å²) in [5, 5.41) is 25.9. The molecule has 10 nitrogen and oxygen atoms in total. The fourth-order valence-corrected chi connectivity index (χ4v) is 5.61. The van der Waals surface area contributed by atoms with Crippen molar-refractivity contribution < 1.29 is 14.8 Å². The first-order valence-electron chi connectivity index (χ1n) is 15.4. The van der Waals surface area contributed by atoms with Crippen molar-refractivity contribution in [3.05, 3.63) is 152 Å². The molecule has 250 valence electrons. The zero-order valence-electron chi connectivity index (χ0n) is 26.4. The summed E-state index contributed by atoms with van der Waals surface area (Å²) in [6.07, 6.45) is 0.375. The number of nitrogens with one attached hydrogen (secondary N) is 3. The molecule has 49 heavy (non-hydrogen) atoms. The summed E-state index contributed by atoms with van der Waals surface area (Å²) in [5.74, 6) is -0.776. The highest BCUT2D eigenvalue weighted by atomic mass is 35.5. The van der Waals surface area contributed by atoms with Crippen molar-refractivity contribution in [1.82, 2.24) is 15.4 Å². The summed E-state index contributed by atoms with van der Waals surface area (Å²) < 4.78 is 0.898. The van der Waals surface area contributed by atoms with Gasteiger partial charge in [0.25, 0.3) is 5.91 Å². The molecule has 0 radical (unpaired) electrons. The number of amides is 2. The van der Waals surface area contributed by atoms with Crippen LogP contribution in [0.25, 0.3) is 11.1 Å². The Bertz CT molecular complexity index is 2080. The van der Waals surface area contributed by atoms with E-state index in [0.717, 1.165) is 21.4 Å². The van der Waals surface area contributed by atoms with E-state index in [0.29, 0.717) is 51.0 Å². The number of benzene rings is 4. The summed E-state index contributed by atoms with van der Waals surface area (Å²) in [5.41, 5.74) is 17.1. The van der Waals surface area contributed by atoms with Crippen LogP contribution in [0.2, 0.25) is 10.0 Å². The number of nitrogens with two attached hydrogens (primary N) is 2. The highest BCUT2D eigenvalue weighted by Crippen LogP contribution is 2.27. The topological polar surface area (TPSA) is 172 Å². The number of rotatable bonds is 12. The Morgan fingerprint density at radius 3 is 2.35 bits per heavy atom. The third-order valence-electron chi connectivity index (χ3n) is 7.75. The first-order valence-corrected chi connectivity index (χ1v) is 16.1. The molecule has 0 aliphatic carbocycles. The molecule has 12 heteroatoms. The van der Waals surface area contributed by atoms with Crippen molar-refractivity contribution >= 4 is 46.5 Å². The van der Waals surface area contributed by atoms with Crippen LogP contribution < -0.4 is 27.6 Å². The summed E-state index contributed by atoms with van der Waals surface area (Å²) in [7, 11) is 0. The maximum absolute atomic E-state index is 13.3. The van der Waals surface area contributed by atoms with Gasteiger partial charge in [-0.1, -0.05) is 77.8 Å². The van der Waals surface area contributed by atoms with Gasteiger partial charge >= 0.3 is 0 Å². The van der Waals surface area contributed by atoms with Crippen molar-refractivity contribution in [3.8, 4) is 11.1 Å². The van der Waals surface area contributed by atoms with Crippen LogP contribution in [-0.4, -0.2) is 34.1 Å². The SMILES string of the molecule is N=C(N)c1ccc(CNC(=O)Cc2c(-c3cc(N)cc(C(=O)NCc4ccccc4Cl)c3)ccc(=NCCc3cccc(Cl)c3)n2O)cc1. The molecule has 2 amide bonds. The zero-order valence-corrected chi connectivity index (χ0v) is 27.9. The predicted molar refractivity (Wildman–Crippen MR) is 193 cm³/mol. The Morgan fingerprint density at radius 2 is 1.61 bits per heavy atom. The summed E-state index contributed by atoms with van der Waals surface area (Å²) in [4.78, 5) is 31.1. The van der Waals surface area contributed by atoms with E-state index in [-0.39, 0.29) is 48.3 Å². The number of nitrogen functional groups attached to an aromatic ring is 2. The Balaban J connectivity index is 1.43. The van der Waals surface area contributed by atoms with Crippen LogP contribution in [0.15, 0.2) is 108 Å². The highest BCUT2D eigenvalue weighted by molar-refractivity contribution is 6.31. The minimum atomic E-state index is -0.368. The second-order valence-electron chi connectivity index (χ2n) is 11.3. The van der Waals surface area contributed by atoms with Gasteiger partial charge in [-0.2, -0.15) is 4.73 Å². The van der Waals surface area contributed by atoms with Crippen LogP contribution in [0.1, 0.15) is 38.3 Å². The Kier molecular flexibility index (Phi) is 11.4. The molecule has 0 unspecified atom stereocenters. The van der Waals surface area contributed by atoms with Crippen molar-refractivity contribution in [2.75, 3.05) is 12.3 Å². The van der Waals surface area contributed by atoms with E-state index in [1.165, 1.54) is 0 Å². The number of pyridine rings is 1. The molecule has 1 heterocycles. The van der Waals surface area contributed by atoms with E-state index in [1.54, 1.807) is 66.7 Å². The standard InChI is InChI=1S/C37H35Cl2N7O3/c38-29-6-3-4-23(16-29)14-15-43-34-13-12-31(33(46(34)49)20-35(47)44-21-24-8-10-25(11-9-24)36(41)42)27-17-28(19-30(40)18-27)37(48)45-22-26-5-1-2-7-32(26)39/h1-13,16-19,49H,14-15,20-22,40H2,(H3,41,42)(H,44,47)(H,45,48). The van der Waals surface area contributed by atoms with Gasteiger partial charge in [0.1, 0.15) is 5.84 Å². The number of amidine groups is 1. The van der Waals surface area contributed by atoms with Crippen molar-refractivity contribution in [2.24, 2.45) is 10.7 Å². The molecule has 0 aliphatic heterocycles. The van der Waals surface area contributed by atoms with Crippen LogP contribution >= 0.6 is 23.2 Å². The quantitative estimate of drug-likeness (QED) is 0.0437. The molecule has 0 saturated heterocycles. The van der Waals surface area contributed by atoms with E-state index in [1.807, 2.05) is 36.4 Å². The molecule has 4 aromatic carbocycles. The number of aromatic nitrogens is 1. The lowest BCUT2D eigenvalue weighted by Crippen LogP contribution is -2.30. The van der Waals surface area contributed by atoms with Gasteiger partial charge in [-0.05, 0) is 77.2 Å². The minimum absolute atomic E-state index is 0.0451. The Hall–Kier alpha value is -5.58. The van der Waals surface area contributed by atoms with Crippen molar-refractivity contribution in [2.45, 2.75) is 25.9 Å².